The third-order valence-corrected chi connectivity index (χ3v) is 8.25. The number of sulfonamides is 1. The van der Waals surface area contributed by atoms with Crippen LogP contribution >= 0.6 is 0 Å². The molecular formula is C28H41N3O7S. The number of carbonyl (C=O) groups excluding carboxylic acids is 1. The van der Waals surface area contributed by atoms with Gasteiger partial charge in [0.2, 0.25) is 16.8 Å². The van der Waals surface area contributed by atoms with Crippen LogP contribution in [0.25, 0.3) is 0 Å². The Kier molecular flexibility index (Phi) is 11.9. The van der Waals surface area contributed by atoms with E-state index in [2.05, 4.69) is 5.32 Å². The van der Waals surface area contributed by atoms with Gasteiger partial charge < -0.3 is 30.0 Å². The normalized spacial score (nSPS) is 14.3. The fraction of sp³-hybridized carbons (Fsp3) is 0.536. The van der Waals surface area contributed by atoms with Crippen LogP contribution in [-0.2, 0) is 32.5 Å². The van der Waals surface area contributed by atoms with Crippen LogP contribution in [0.15, 0.2) is 42.5 Å². The molecule has 11 heteroatoms. The van der Waals surface area contributed by atoms with Crippen molar-refractivity contribution in [3.05, 3.63) is 53.6 Å². The van der Waals surface area contributed by atoms with E-state index in [0.29, 0.717) is 56.9 Å². The molecule has 0 bridgehead atoms. The highest BCUT2D eigenvalue weighted by atomic mass is 32.2. The van der Waals surface area contributed by atoms with Crippen LogP contribution in [0.5, 0.6) is 17.2 Å². The smallest absolute Gasteiger partial charge is 0.307 e. The van der Waals surface area contributed by atoms with Crippen LogP contribution in [0.3, 0.4) is 0 Å². The fourth-order valence-corrected chi connectivity index (χ4v) is 5.96. The third-order valence-electron chi connectivity index (χ3n) is 6.38. The molecular weight excluding hydrogens is 522 g/mol. The molecule has 1 aliphatic heterocycles. The van der Waals surface area contributed by atoms with Gasteiger partial charge in [-0.2, -0.15) is 0 Å². The van der Waals surface area contributed by atoms with Crippen molar-refractivity contribution in [1.29, 1.82) is 0 Å². The average Bonchev–Trinajstić information content (AvgIpc) is 3.39. The Morgan fingerprint density at radius 3 is 2.54 bits per heavy atom. The summed E-state index contributed by atoms with van der Waals surface area (Å²) in [6.07, 6.45) is 0.918. The number of nitrogens with one attached hydrogen (secondary N) is 1. The van der Waals surface area contributed by atoms with E-state index < -0.39 is 28.1 Å². The lowest BCUT2D eigenvalue weighted by Gasteiger charge is -2.25. The Bertz CT molecular complexity index is 1170. The van der Waals surface area contributed by atoms with Crippen molar-refractivity contribution in [2.75, 3.05) is 39.3 Å². The highest BCUT2D eigenvalue weighted by molar-refractivity contribution is 7.89. The molecule has 3 rings (SSSR count). The van der Waals surface area contributed by atoms with Gasteiger partial charge in [0.25, 0.3) is 0 Å². The maximum absolute atomic E-state index is 12.8. The number of fused-ring (bicyclic) bond motifs is 1. The summed E-state index contributed by atoms with van der Waals surface area (Å²) in [6, 6.07) is 12.7. The number of carbonyl (C=O) groups is 1. The molecule has 39 heavy (non-hydrogen) atoms. The molecule has 0 saturated carbocycles. The molecule has 2 aromatic carbocycles. The summed E-state index contributed by atoms with van der Waals surface area (Å²) in [7, 11) is -1.95. The number of rotatable bonds is 17. The average molecular weight is 564 g/mol. The van der Waals surface area contributed by atoms with Crippen LogP contribution in [0, 0.1) is 0 Å². The molecule has 1 aliphatic rings. The molecule has 0 aromatic heterocycles. The maximum atomic E-state index is 12.8. The van der Waals surface area contributed by atoms with Crippen LogP contribution < -0.4 is 25.3 Å². The summed E-state index contributed by atoms with van der Waals surface area (Å²) in [6.45, 7) is 5.70. The minimum absolute atomic E-state index is 0.177. The van der Waals surface area contributed by atoms with Crippen molar-refractivity contribution in [2.45, 2.75) is 58.2 Å². The lowest BCUT2D eigenvalue weighted by molar-refractivity contribution is -0.149. The predicted octanol–water partition coefficient (Wildman–Crippen LogP) is 2.84. The molecule has 3 N–H and O–H groups in total. The van der Waals surface area contributed by atoms with E-state index in [1.807, 2.05) is 56.3 Å². The van der Waals surface area contributed by atoms with Crippen LogP contribution in [-0.4, -0.2) is 70.1 Å². The number of nitrogens with zero attached hydrogens (tertiary/aromatic N) is 1. The topological polar surface area (TPSA) is 129 Å². The fourth-order valence-electron chi connectivity index (χ4n) is 4.35. The van der Waals surface area contributed by atoms with Gasteiger partial charge >= 0.3 is 5.97 Å². The number of nitrogens with two attached hydrogens (primary N) is 1. The monoisotopic (exact) mass is 563 g/mol. The maximum Gasteiger partial charge on any atom is 0.307 e. The lowest BCUT2D eigenvalue weighted by atomic mass is 10.0. The van der Waals surface area contributed by atoms with Gasteiger partial charge in [-0.3, -0.25) is 4.79 Å². The van der Waals surface area contributed by atoms with E-state index in [-0.39, 0.29) is 19.0 Å². The highest BCUT2D eigenvalue weighted by Crippen LogP contribution is 2.32. The molecule has 2 atom stereocenters. The number of hydrogen-bond acceptors (Lipinski definition) is 9. The first kappa shape index (κ1) is 30.7. The third kappa shape index (κ3) is 9.38. The van der Waals surface area contributed by atoms with Gasteiger partial charge in [0, 0.05) is 32.2 Å². The summed E-state index contributed by atoms with van der Waals surface area (Å²) < 4.78 is 48.9. The zero-order chi connectivity index (χ0) is 28.3. The van der Waals surface area contributed by atoms with Gasteiger partial charge in [0.1, 0.15) is 11.9 Å². The van der Waals surface area contributed by atoms with Crippen LogP contribution in [0.2, 0.25) is 0 Å². The van der Waals surface area contributed by atoms with Gasteiger partial charge in [-0.1, -0.05) is 32.0 Å². The SMILES string of the molecule is CCCN(CCC)S(=O)(=O)CCC(=O)OC(CNCc1cccc(OC)c1)C(N)Cc1ccc2c(c1)OCO2. The van der Waals surface area contributed by atoms with Crippen molar-refractivity contribution in [3.8, 4) is 17.2 Å². The van der Waals surface area contributed by atoms with E-state index in [4.69, 9.17) is 24.7 Å². The summed E-state index contributed by atoms with van der Waals surface area (Å²) in [5.41, 5.74) is 8.46. The summed E-state index contributed by atoms with van der Waals surface area (Å²) >= 11 is 0. The van der Waals surface area contributed by atoms with Crippen molar-refractivity contribution in [2.24, 2.45) is 5.73 Å². The molecule has 0 spiro atoms. The van der Waals surface area contributed by atoms with Crippen molar-refractivity contribution in [1.82, 2.24) is 9.62 Å². The van der Waals surface area contributed by atoms with Gasteiger partial charge in [-0.05, 0) is 54.7 Å². The Morgan fingerprint density at radius 2 is 1.82 bits per heavy atom. The van der Waals surface area contributed by atoms with E-state index >= 15 is 0 Å². The van der Waals surface area contributed by atoms with E-state index in [1.165, 1.54) is 4.31 Å². The highest BCUT2D eigenvalue weighted by Gasteiger charge is 2.26. The second-order valence-corrected chi connectivity index (χ2v) is 11.6. The number of benzene rings is 2. The van der Waals surface area contributed by atoms with Crippen molar-refractivity contribution in [3.63, 3.8) is 0 Å². The van der Waals surface area contributed by atoms with Gasteiger partial charge in [-0.15, -0.1) is 0 Å². The molecule has 0 fully saturated rings. The molecule has 1 heterocycles. The molecule has 0 aliphatic carbocycles. The first-order valence-corrected chi connectivity index (χ1v) is 15.0. The predicted molar refractivity (Wildman–Crippen MR) is 149 cm³/mol. The second kappa shape index (κ2) is 15.1. The Labute approximate surface area is 231 Å². The van der Waals surface area contributed by atoms with E-state index in [9.17, 15) is 13.2 Å². The second-order valence-electron chi connectivity index (χ2n) is 9.53. The molecule has 2 aromatic rings. The first-order valence-electron chi connectivity index (χ1n) is 13.4. The summed E-state index contributed by atoms with van der Waals surface area (Å²) in [5, 5.41) is 3.31. The number of ether oxygens (including phenoxy) is 4. The Balaban J connectivity index is 1.64. The van der Waals surface area contributed by atoms with Crippen LogP contribution in [0.4, 0.5) is 0 Å². The van der Waals surface area contributed by atoms with Crippen LogP contribution in [0.1, 0.15) is 44.2 Å². The Morgan fingerprint density at radius 1 is 1.08 bits per heavy atom. The molecule has 0 radical (unpaired) electrons. The summed E-state index contributed by atoms with van der Waals surface area (Å²) in [5.74, 6) is 1.18. The minimum Gasteiger partial charge on any atom is -0.497 e. The standard InChI is InChI=1S/C28H41N3O7S/c1-4-12-31(13-5-2)39(33,34)14-11-28(32)38-27(19-30-18-22-7-6-8-23(15-22)35-3)24(29)16-21-9-10-25-26(17-21)37-20-36-25/h6-10,15,17,24,27,30H,4-5,11-14,16,18-20,29H2,1-3H3. The number of methoxy groups -OCH3 is 1. The number of esters is 1. The molecule has 216 valence electrons. The Hall–Kier alpha value is -2.86. The lowest BCUT2D eigenvalue weighted by Crippen LogP contribution is -2.46. The summed E-state index contributed by atoms with van der Waals surface area (Å²) in [4.78, 5) is 12.8. The molecule has 0 amide bonds. The van der Waals surface area contributed by atoms with E-state index in [0.717, 1.165) is 16.9 Å². The largest absolute Gasteiger partial charge is 0.497 e. The van der Waals surface area contributed by atoms with E-state index in [1.54, 1.807) is 7.11 Å². The quantitative estimate of drug-likeness (QED) is 0.279. The van der Waals surface area contributed by atoms with Crippen molar-refractivity contribution < 1.29 is 32.2 Å². The zero-order valence-corrected chi connectivity index (χ0v) is 23.9. The van der Waals surface area contributed by atoms with Crippen molar-refractivity contribution >= 4 is 16.0 Å². The first-order chi connectivity index (χ1) is 18.7. The van der Waals surface area contributed by atoms with Gasteiger partial charge in [-0.25, -0.2) is 12.7 Å². The minimum atomic E-state index is -3.56. The molecule has 0 saturated heterocycles. The molecule has 2 unspecified atom stereocenters. The molecule has 10 nitrogen and oxygen atoms in total. The zero-order valence-electron chi connectivity index (χ0n) is 23.1. The number of hydrogen-bond donors (Lipinski definition) is 2. The van der Waals surface area contributed by atoms with Gasteiger partial charge in [0.05, 0.1) is 19.3 Å². The van der Waals surface area contributed by atoms with Gasteiger partial charge in [0.15, 0.2) is 11.5 Å².